The normalized spacial score (nSPS) is 14.4. The number of rotatable bonds is 2. The fourth-order valence-electron chi connectivity index (χ4n) is 0.776. The molecule has 6 heteroatoms. The second kappa shape index (κ2) is 5.25. The molecule has 0 aliphatic heterocycles. The van der Waals surface area contributed by atoms with Crippen LogP contribution in [0.5, 0.6) is 0 Å². The Morgan fingerprint density at radius 2 is 2.19 bits per heavy atom. The highest BCUT2D eigenvalue weighted by Gasteiger charge is 2.25. The minimum atomic E-state index is -1.32. The van der Waals surface area contributed by atoms with Crippen molar-refractivity contribution in [1.82, 2.24) is 4.98 Å². The summed E-state index contributed by atoms with van der Waals surface area (Å²) in [6, 6.07) is 1.24. The molecular formula is C10H12BrFN2OS. The molecule has 0 bridgehead atoms. The van der Waals surface area contributed by atoms with E-state index in [1.807, 2.05) is 20.8 Å². The summed E-state index contributed by atoms with van der Waals surface area (Å²) in [6.45, 7) is 5.50. The Morgan fingerprint density at radius 1 is 1.56 bits per heavy atom. The van der Waals surface area contributed by atoms with Crippen LogP contribution in [-0.4, -0.2) is 20.5 Å². The summed E-state index contributed by atoms with van der Waals surface area (Å²) in [6.07, 6.45) is 2.76. The molecule has 0 spiro atoms. The van der Waals surface area contributed by atoms with Crippen molar-refractivity contribution in [2.75, 3.05) is 0 Å². The molecular weight excluding hydrogens is 295 g/mol. The van der Waals surface area contributed by atoms with Gasteiger partial charge < -0.3 is 4.55 Å². The van der Waals surface area contributed by atoms with Crippen molar-refractivity contribution in [3.05, 3.63) is 28.2 Å². The molecule has 1 heterocycles. The predicted molar refractivity (Wildman–Crippen MR) is 67.4 cm³/mol. The van der Waals surface area contributed by atoms with Crippen LogP contribution in [0.25, 0.3) is 0 Å². The molecule has 1 aromatic heterocycles. The maximum Gasteiger partial charge on any atom is 0.213 e. The zero-order valence-corrected chi connectivity index (χ0v) is 11.6. The van der Waals surface area contributed by atoms with Gasteiger partial charge in [0.25, 0.3) is 0 Å². The minimum absolute atomic E-state index is 0.406. The summed E-state index contributed by atoms with van der Waals surface area (Å²) in [5, 5.41) is 0. The third-order valence-electron chi connectivity index (χ3n) is 1.66. The average molecular weight is 307 g/mol. The first kappa shape index (κ1) is 13.6. The van der Waals surface area contributed by atoms with E-state index in [0.717, 1.165) is 0 Å². The molecule has 0 aromatic carbocycles. The van der Waals surface area contributed by atoms with Crippen LogP contribution in [0.4, 0.5) is 4.39 Å². The number of aromatic nitrogens is 1. The van der Waals surface area contributed by atoms with Crippen molar-refractivity contribution in [3.8, 4) is 0 Å². The quantitative estimate of drug-likeness (QED) is 0.479. The van der Waals surface area contributed by atoms with Gasteiger partial charge in [0.15, 0.2) is 0 Å². The number of hydrogen-bond acceptors (Lipinski definition) is 3. The van der Waals surface area contributed by atoms with Gasteiger partial charge in [0.1, 0.15) is 16.1 Å². The third-order valence-corrected chi connectivity index (χ3v) is 3.69. The number of halogens is 2. The smallest absolute Gasteiger partial charge is 0.213 e. The van der Waals surface area contributed by atoms with E-state index in [9.17, 15) is 8.94 Å². The topological polar surface area (TPSA) is 48.3 Å². The highest BCUT2D eigenvalue weighted by molar-refractivity contribution is 9.10. The van der Waals surface area contributed by atoms with Gasteiger partial charge in [-0.2, -0.15) is 4.39 Å². The number of nitrogens with zero attached hydrogens (tertiary/aromatic N) is 2. The fraction of sp³-hybridized carbons (Fsp3) is 0.400. The van der Waals surface area contributed by atoms with Crippen LogP contribution in [0.15, 0.2) is 21.1 Å². The first-order chi connectivity index (χ1) is 7.30. The number of hydrogen-bond donors (Lipinski definition) is 0. The molecule has 88 valence electrons. The maximum atomic E-state index is 12.7. The largest absolute Gasteiger partial charge is 0.591 e. The standard InChI is InChI=1S/C10H12BrFN2OS/c1-10(2,3)16(15)14-6-7-5-13-9(12)4-8(7)11/h4-6H,1-3H3/b14-6+. The summed E-state index contributed by atoms with van der Waals surface area (Å²) < 4.78 is 28.4. The lowest BCUT2D eigenvalue weighted by Gasteiger charge is -2.17. The second-order valence-corrected chi connectivity index (χ2v) is 6.91. The molecule has 1 aromatic rings. The Kier molecular flexibility index (Phi) is 4.46. The van der Waals surface area contributed by atoms with Gasteiger partial charge in [-0.1, -0.05) is 4.40 Å². The van der Waals surface area contributed by atoms with Crippen LogP contribution in [0.3, 0.4) is 0 Å². The predicted octanol–water partition coefficient (Wildman–Crippen LogP) is 2.86. The molecule has 0 fully saturated rings. The van der Waals surface area contributed by atoms with Crippen molar-refractivity contribution in [1.29, 1.82) is 0 Å². The summed E-state index contributed by atoms with van der Waals surface area (Å²) in [7, 11) is 0. The van der Waals surface area contributed by atoms with Crippen LogP contribution in [-0.2, 0) is 11.4 Å². The molecule has 1 rings (SSSR count). The van der Waals surface area contributed by atoms with Crippen LogP contribution in [0, 0.1) is 5.95 Å². The van der Waals surface area contributed by atoms with Crippen LogP contribution in [0.1, 0.15) is 26.3 Å². The van der Waals surface area contributed by atoms with E-state index in [4.69, 9.17) is 0 Å². The molecule has 0 aliphatic carbocycles. The molecule has 1 unspecified atom stereocenters. The Bertz CT molecular complexity index is 406. The first-order valence-corrected chi connectivity index (χ1v) is 6.48. The van der Waals surface area contributed by atoms with Crippen molar-refractivity contribution in [2.45, 2.75) is 25.5 Å². The van der Waals surface area contributed by atoms with Crippen LogP contribution < -0.4 is 0 Å². The van der Waals surface area contributed by atoms with E-state index >= 15 is 0 Å². The first-order valence-electron chi connectivity index (χ1n) is 4.58. The lowest BCUT2D eigenvalue weighted by atomic mass is 10.3. The van der Waals surface area contributed by atoms with Gasteiger partial charge in [-0.05, 0) is 36.7 Å². The van der Waals surface area contributed by atoms with Gasteiger partial charge in [0, 0.05) is 22.3 Å². The molecule has 3 nitrogen and oxygen atoms in total. The zero-order chi connectivity index (χ0) is 12.3. The van der Waals surface area contributed by atoms with E-state index in [0.29, 0.717) is 10.0 Å². The van der Waals surface area contributed by atoms with Crippen molar-refractivity contribution in [2.24, 2.45) is 4.40 Å². The summed E-state index contributed by atoms with van der Waals surface area (Å²) >= 11 is 1.85. The maximum absolute atomic E-state index is 12.7. The highest BCUT2D eigenvalue weighted by Crippen LogP contribution is 2.18. The molecule has 0 aliphatic rings. The zero-order valence-electron chi connectivity index (χ0n) is 9.20. The molecule has 16 heavy (non-hydrogen) atoms. The summed E-state index contributed by atoms with van der Waals surface area (Å²) in [4.78, 5) is 3.49. The van der Waals surface area contributed by atoms with Gasteiger partial charge in [-0.15, -0.1) is 0 Å². The van der Waals surface area contributed by atoms with E-state index < -0.39 is 22.1 Å². The van der Waals surface area contributed by atoms with E-state index in [-0.39, 0.29) is 0 Å². The Morgan fingerprint density at radius 3 is 2.69 bits per heavy atom. The molecule has 1 atom stereocenters. The lowest BCUT2D eigenvalue weighted by molar-refractivity contribution is 0.562. The van der Waals surface area contributed by atoms with Gasteiger partial charge in [-0.3, -0.25) is 0 Å². The van der Waals surface area contributed by atoms with E-state index in [2.05, 4.69) is 25.3 Å². The van der Waals surface area contributed by atoms with Gasteiger partial charge >= 0.3 is 0 Å². The average Bonchev–Trinajstić information content (AvgIpc) is 2.14. The Labute approximate surface area is 106 Å². The van der Waals surface area contributed by atoms with Gasteiger partial charge in [-0.25, -0.2) is 4.98 Å². The number of pyridine rings is 1. The Hall–Kier alpha value is -0.460. The molecule has 0 N–H and O–H groups in total. The van der Waals surface area contributed by atoms with E-state index in [1.165, 1.54) is 18.5 Å². The van der Waals surface area contributed by atoms with Crippen molar-refractivity contribution < 1.29 is 8.94 Å². The lowest BCUT2D eigenvalue weighted by Crippen LogP contribution is -2.25. The van der Waals surface area contributed by atoms with E-state index in [1.54, 1.807) is 0 Å². The molecule has 0 saturated carbocycles. The molecule has 0 saturated heterocycles. The van der Waals surface area contributed by atoms with Crippen molar-refractivity contribution in [3.63, 3.8) is 0 Å². The van der Waals surface area contributed by atoms with Crippen LogP contribution >= 0.6 is 15.9 Å². The SMILES string of the molecule is CC(C)(C)[S+]([O-])/N=C/c1cnc(F)cc1Br. The minimum Gasteiger partial charge on any atom is -0.591 e. The Balaban J connectivity index is 2.85. The molecule has 0 radical (unpaired) electrons. The second-order valence-electron chi connectivity index (χ2n) is 4.12. The molecule has 0 amide bonds. The van der Waals surface area contributed by atoms with Crippen LogP contribution in [0.2, 0.25) is 0 Å². The fourth-order valence-corrected chi connectivity index (χ4v) is 1.69. The highest BCUT2D eigenvalue weighted by atomic mass is 79.9. The monoisotopic (exact) mass is 306 g/mol. The summed E-state index contributed by atoms with van der Waals surface area (Å²) in [5.74, 6) is -0.569. The third kappa shape index (κ3) is 3.84. The van der Waals surface area contributed by atoms with Crippen molar-refractivity contribution >= 4 is 33.5 Å². The van der Waals surface area contributed by atoms with Gasteiger partial charge in [0.2, 0.25) is 5.95 Å². The summed E-state index contributed by atoms with van der Waals surface area (Å²) in [5.41, 5.74) is 0.596. The van der Waals surface area contributed by atoms with Gasteiger partial charge in [0.05, 0.1) is 6.21 Å².